The Labute approximate surface area is 109 Å². The molecular weight excluding hydrogens is 284 g/mol. The van der Waals surface area contributed by atoms with Crippen LogP contribution in [0.4, 0.5) is 0 Å². The van der Waals surface area contributed by atoms with Crippen LogP contribution >= 0.6 is 28.3 Å². The number of nitrogens with one attached hydrogen (secondary N) is 1. The van der Waals surface area contributed by atoms with Gasteiger partial charge in [-0.1, -0.05) is 30.3 Å². The zero-order chi connectivity index (χ0) is 12.9. The lowest BCUT2D eigenvalue weighted by atomic mass is 10.2. The van der Waals surface area contributed by atoms with Crippen LogP contribution < -0.4 is 5.48 Å². The molecule has 1 rings (SSSR count). The van der Waals surface area contributed by atoms with Crippen LogP contribution in [0.3, 0.4) is 0 Å². The Morgan fingerprint density at radius 2 is 2.00 bits per heavy atom. The predicted octanol–water partition coefficient (Wildman–Crippen LogP) is 3.29. The van der Waals surface area contributed by atoms with E-state index in [1.54, 1.807) is 0 Å². The van der Waals surface area contributed by atoms with E-state index in [4.69, 9.17) is 27.3 Å². The van der Waals surface area contributed by atoms with Gasteiger partial charge in [-0.2, -0.15) is 5.48 Å². The van der Waals surface area contributed by atoms with E-state index in [-0.39, 0.29) is 6.61 Å². The predicted molar refractivity (Wildman–Crippen MR) is 68.1 cm³/mol. The maximum absolute atomic E-state index is 11.3. The van der Waals surface area contributed by atoms with Crippen molar-refractivity contribution in [3.05, 3.63) is 35.9 Å². The van der Waals surface area contributed by atoms with Gasteiger partial charge in [0.25, 0.3) is 0 Å². The summed E-state index contributed by atoms with van der Waals surface area (Å²) in [4.78, 5) is 16.4. The van der Waals surface area contributed by atoms with E-state index in [0.717, 1.165) is 5.56 Å². The first kappa shape index (κ1) is 14.7. The average Bonchev–Trinajstić information content (AvgIpc) is 2.28. The third-order valence-electron chi connectivity index (χ3n) is 1.97. The van der Waals surface area contributed by atoms with E-state index in [2.05, 4.69) is 5.48 Å². The van der Waals surface area contributed by atoms with Gasteiger partial charge in [0.15, 0.2) is 0 Å². The molecule has 0 saturated heterocycles. The lowest BCUT2D eigenvalue weighted by molar-refractivity contribution is -0.117. The third kappa shape index (κ3) is 5.19. The number of hydrogen-bond donors (Lipinski definition) is 1. The number of rotatable bonds is 6. The molecule has 0 heterocycles. The van der Waals surface area contributed by atoms with Gasteiger partial charge in [-0.25, -0.2) is 0 Å². The number of carbonyl (C=O) groups excluding carboxylic acids is 1. The molecule has 1 atom stereocenters. The smallest absolute Gasteiger partial charge is 0.296 e. The molecule has 0 radical (unpaired) electrons. The topological polar surface area (TPSA) is 55.4 Å². The lowest BCUT2D eigenvalue weighted by Gasteiger charge is -2.12. The normalized spacial score (nSPS) is 13.4. The van der Waals surface area contributed by atoms with E-state index >= 15 is 0 Å². The van der Waals surface area contributed by atoms with Crippen LogP contribution in [0.25, 0.3) is 0 Å². The molecule has 1 aromatic carbocycles. The van der Waals surface area contributed by atoms with Crippen molar-refractivity contribution < 1.29 is 14.2 Å². The molecule has 17 heavy (non-hydrogen) atoms. The van der Waals surface area contributed by atoms with Gasteiger partial charge in [-0.05, 0) is 35.0 Å². The SMILES string of the molecule is C[C@H](NOCc1ccccc1)C(=O)P(=O)(Cl)Cl. The standard InChI is InChI=1S/C10H12Cl2NO3P/c1-8(10(14)17(11,12)15)13-16-7-9-5-3-2-4-6-9/h2-6,8,13H,7H2,1H3/t8-/m0/s1. The number of halogens is 2. The monoisotopic (exact) mass is 295 g/mol. The van der Waals surface area contributed by atoms with Crippen LogP contribution in [0, 0.1) is 0 Å². The minimum Gasteiger partial charge on any atom is -0.296 e. The molecule has 7 heteroatoms. The summed E-state index contributed by atoms with van der Waals surface area (Å²) >= 11 is 10.5. The van der Waals surface area contributed by atoms with E-state index in [1.165, 1.54) is 6.92 Å². The summed E-state index contributed by atoms with van der Waals surface area (Å²) in [5.41, 5.74) is 2.62. The first-order valence-electron chi connectivity index (χ1n) is 4.86. The summed E-state index contributed by atoms with van der Waals surface area (Å²) in [6.45, 7) is 1.76. The Kier molecular flexibility index (Phi) is 5.63. The van der Waals surface area contributed by atoms with Crippen molar-refractivity contribution in [3.8, 4) is 0 Å². The Hall–Kier alpha value is -0.380. The molecular formula is C10H12Cl2NO3P. The van der Waals surface area contributed by atoms with Crippen LogP contribution in [-0.4, -0.2) is 11.6 Å². The molecule has 0 spiro atoms. The second-order valence-corrected chi connectivity index (χ2v) is 8.16. The zero-order valence-electron chi connectivity index (χ0n) is 9.10. The number of hydroxylamine groups is 1. The van der Waals surface area contributed by atoms with Crippen molar-refractivity contribution in [1.82, 2.24) is 5.48 Å². The van der Waals surface area contributed by atoms with Crippen molar-refractivity contribution >= 4 is 33.9 Å². The number of hydrogen-bond acceptors (Lipinski definition) is 4. The highest BCUT2D eigenvalue weighted by Crippen LogP contribution is 2.57. The fourth-order valence-electron chi connectivity index (χ4n) is 1.10. The maximum atomic E-state index is 11.3. The molecule has 0 unspecified atom stereocenters. The van der Waals surface area contributed by atoms with Crippen molar-refractivity contribution in [3.63, 3.8) is 0 Å². The molecule has 94 valence electrons. The molecule has 0 aliphatic rings. The first-order valence-corrected chi connectivity index (χ1v) is 8.38. The van der Waals surface area contributed by atoms with Gasteiger partial charge >= 0.3 is 5.85 Å². The quantitative estimate of drug-likeness (QED) is 0.646. The zero-order valence-corrected chi connectivity index (χ0v) is 11.5. The number of benzene rings is 1. The minimum absolute atomic E-state index is 0.285. The summed E-state index contributed by atoms with van der Waals surface area (Å²) < 4.78 is 11.1. The largest absolute Gasteiger partial charge is 0.318 e. The summed E-state index contributed by atoms with van der Waals surface area (Å²) in [5, 5.41) is 0. The van der Waals surface area contributed by atoms with Gasteiger partial charge in [-0.15, -0.1) is 0 Å². The van der Waals surface area contributed by atoms with Gasteiger partial charge in [0.2, 0.25) is 5.52 Å². The van der Waals surface area contributed by atoms with Gasteiger partial charge in [0.05, 0.1) is 12.6 Å². The Morgan fingerprint density at radius 3 is 2.53 bits per heavy atom. The second kappa shape index (κ2) is 6.53. The minimum atomic E-state index is -3.76. The van der Waals surface area contributed by atoms with Gasteiger partial charge in [0.1, 0.15) is 0 Å². The summed E-state index contributed by atoms with van der Waals surface area (Å²) in [6.07, 6.45) is 0. The molecule has 0 bridgehead atoms. The van der Waals surface area contributed by atoms with Crippen LogP contribution in [0.5, 0.6) is 0 Å². The van der Waals surface area contributed by atoms with Crippen LogP contribution in [0.2, 0.25) is 0 Å². The molecule has 1 N–H and O–H groups in total. The van der Waals surface area contributed by atoms with Crippen LogP contribution in [-0.2, 0) is 20.8 Å². The third-order valence-corrected chi connectivity index (χ3v) is 3.87. The molecule has 0 aliphatic heterocycles. The molecule has 0 saturated carbocycles. The summed E-state index contributed by atoms with van der Waals surface area (Å²) in [6, 6.07) is 8.57. The lowest BCUT2D eigenvalue weighted by Crippen LogP contribution is -2.32. The van der Waals surface area contributed by atoms with Gasteiger partial charge in [0, 0.05) is 0 Å². The molecule has 4 nitrogen and oxygen atoms in total. The Morgan fingerprint density at radius 1 is 1.41 bits per heavy atom. The van der Waals surface area contributed by atoms with E-state index in [9.17, 15) is 9.36 Å². The van der Waals surface area contributed by atoms with Gasteiger partial charge in [-0.3, -0.25) is 14.2 Å². The fourth-order valence-corrected chi connectivity index (χ4v) is 2.48. The highest BCUT2D eigenvalue weighted by atomic mass is 35.9. The second-order valence-electron chi connectivity index (χ2n) is 3.41. The van der Waals surface area contributed by atoms with Crippen molar-refractivity contribution in [2.45, 2.75) is 19.6 Å². The molecule has 0 aromatic heterocycles. The molecule has 0 fully saturated rings. The first-order chi connectivity index (χ1) is 7.91. The van der Waals surface area contributed by atoms with Crippen molar-refractivity contribution in [2.75, 3.05) is 0 Å². The van der Waals surface area contributed by atoms with Crippen LogP contribution in [0.1, 0.15) is 12.5 Å². The summed E-state index contributed by atoms with van der Waals surface area (Å²) in [7, 11) is 0. The fraction of sp³-hybridized carbons (Fsp3) is 0.300. The molecule has 1 aromatic rings. The number of carbonyl (C=O) groups is 1. The summed E-state index contributed by atoms with van der Waals surface area (Å²) in [5.74, 6) is -3.76. The maximum Gasteiger partial charge on any atom is 0.318 e. The van der Waals surface area contributed by atoms with E-state index in [0.29, 0.717) is 0 Å². The van der Waals surface area contributed by atoms with E-state index < -0.39 is 17.4 Å². The Bertz CT molecular complexity index is 421. The highest BCUT2D eigenvalue weighted by Gasteiger charge is 2.30. The highest BCUT2D eigenvalue weighted by molar-refractivity contribution is 8.19. The van der Waals surface area contributed by atoms with Crippen molar-refractivity contribution in [1.29, 1.82) is 0 Å². The molecule has 0 amide bonds. The average molecular weight is 296 g/mol. The Balaban J connectivity index is 2.37. The molecule has 0 aliphatic carbocycles. The van der Waals surface area contributed by atoms with E-state index in [1.807, 2.05) is 30.3 Å². The van der Waals surface area contributed by atoms with Crippen LogP contribution in [0.15, 0.2) is 30.3 Å². The van der Waals surface area contributed by atoms with Crippen molar-refractivity contribution in [2.24, 2.45) is 0 Å². The van der Waals surface area contributed by atoms with Gasteiger partial charge < -0.3 is 0 Å².